The van der Waals surface area contributed by atoms with E-state index in [9.17, 15) is 14.0 Å². The third kappa shape index (κ3) is 3.49. The van der Waals surface area contributed by atoms with Crippen molar-refractivity contribution in [3.8, 4) is 5.69 Å². The lowest BCUT2D eigenvalue weighted by molar-refractivity contribution is -0.127. The van der Waals surface area contributed by atoms with E-state index in [1.54, 1.807) is 6.07 Å². The molecule has 4 rings (SSSR count). The number of rotatable bonds is 4. The van der Waals surface area contributed by atoms with Crippen molar-refractivity contribution in [1.29, 1.82) is 0 Å². The van der Waals surface area contributed by atoms with Crippen molar-refractivity contribution in [3.05, 3.63) is 52.2 Å². The van der Waals surface area contributed by atoms with E-state index in [0.29, 0.717) is 21.9 Å². The van der Waals surface area contributed by atoms with Gasteiger partial charge in [-0.15, -0.1) is 0 Å². The van der Waals surface area contributed by atoms with Crippen molar-refractivity contribution < 1.29 is 9.18 Å². The highest BCUT2D eigenvalue weighted by molar-refractivity contribution is 7.99. The average Bonchev–Trinajstić information content (AvgIpc) is 3.30. The molecule has 140 valence electrons. The lowest BCUT2D eigenvalue weighted by atomic mass is 10.3. The predicted molar refractivity (Wildman–Crippen MR) is 103 cm³/mol. The SMILES string of the molecule is Cc1cc2nc(SCC(=O)N3CCCC3)n(-c3ccc(F)cc3)c(=O)c2[nH]1. The van der Waals surface area contributed by atoms with Crippen LogP contribution in [-0.2, 0) is 4.79 Å². The number of fused-ring (bicyclic) bond motifs is 1. The number of aromatic nitrogens is 3. The van der Waals surface area contributed by atoms with Crippen molar-refractivity contribution in [1.82, 2.24) is 19.4 Å². The summed E-state index contributed by atoms with van der Waals surface area (Å²) < 4.78 is 14.8. The van der Waals surface area contributed by atoms with Crippen molar-refractivity contribution >= 4 is 28.7 Å². The number of aromatic amines is 1. The van der Waals surface area contributed by atoms with Crippen LogP contribution in [0.5, 0.6) is 0 Å². The van der Waals surface area contributed by atoms with Gasteiger partial charge in [-0.05, 0) is 50.1 Å². The second-order valence-electron chi connectivity index (χ2n) is 6.60. The predicted octanol–water partition coefficient (Wildman–Crippen LogP) is 2.88. The normalized spacial score (nSPS) is 14.2. The molecule has 1 saturated heterocycles. The number of amides is 1. The first-order valence-electron chi connectivity index (χ1n) is 8.82. The van der Waals surface area contributed by atoms with E-state index in [2.05, 4.69) is 9.97 Å². The topological polar surface area (TPSA) is 71.0 Å². The summed E-state index contributed by atoms with van der Waals surface area (Å²) >= 11 is 1.23. The van der Waals surface area contributed by atoms with Gasteiger partial charge in [0.1, 0.15) is 11.3 Å². The number of benzene rings is 1. The number of hydrogen-bond acceptors (Lipinski definition) is 4. The van der Waals surface area contributed by atoms with Gasteiger partial charge < -0.3 is 9.88 Å². The number of thioether (sulfide) groups is 1. The largest absolute Gasteiger partial charge is 0.353 e. The minimum atomic E-state index is -0.380. The molecule has 0 unspecified atom stereocenters. The van der Waals surface area contributed by atoms with Crippen LogP contribution in [0.25, 0.3) is 16.7 Å². The highest BCUT2D eigenvalue weighted by Gasteiger charge is 2.20. The lowest BCUT2D eigenvalue weighted by Gasteiger charge is -2.16. The molecule has 0 bridgehead atoms. The number of nitrogens with one attached hydrogen (secondary N) is 1. The zero-order valence-electron chi connectivity index (χ0n) is 14.9. The fourth-order valence-electron chi connectivity index (χ4n) is 3.28. The molecule has 0 saturated carbocycles. The van der Waals surface area contributed by atoms with E-state index in [-0.39, 0.29) is 23.0 Å². The molecule has 27 heavy (non-hydrogen) atoms. The Morgan fingerprint density at radius 3 is 2.67 bits per heavy atom. The Bertz CT molecular complexity index is 1050. The zero-order chi connectivity index (χ0) is 19.0. The van der Waals surface area contributed by atoms with Gasteiger partial charge in [-0.3, -0.25) is 14.2 Å². The summed E-state index contributed by atoms with van der Waals surface area (Å²) in [5.74, 6) is -0.125. The van der Waals surface area contributed by atoms with Crippen LogP contribution in [0, 0.1) is 12.7 Å². The van der Waals surface area contributed by atoms with Gasteiger partial charge in [0.25, 0.3) is 5.56 Å². The van der Waals surface area contributed by atoms with Crippen LogP contribution in [-0.4, -0.2) is 44.2 Å². The highest BCUT2D eigenvalue weighted by Crippen LogP contribution is 2.23. The van der Waals surface area contributed by atoms with Gasteiger partial charge in [0.05, 0.1) is 17.0 Å². The molecule has 3 heterocycles. The Morgan fingerprint density at radius 1 is 1.26 bits per heavy atom. The summed E-state index contributed by atoms with van der Waals surface area (Å²) in [5, 5.41) is 0.422. The number of H-pyrrole nitrogens is 1. The highest BCUT2D eigenvalue weighted by atomic mass is 32.2. The van der Waals surface area contributed by atoms with E-state index in [4.69, 9.17) is 0 Å². The van der Waals surface area contributed by atoms with E-state index < -0.39 is 0 Å². The number of halogens is 1. The van der Waals surface area contributed by atoms with Crippen LogP contribution < -0.4 is 5.56 Å². The van der Waals surface area contributed by atoms with Gasteiger partial charge >= 0.3 is 0 Å². The minimum absolute atomic E-state index is 0.0442. The molecule has 1 aromatic carbocycles. The molecule has 1 fully saturated rings. The molecular weight excluding hydrogens is 367 g/mol. The Kier molecular flexibility index (Phi) is 4.73. The molecule has 2 aromatic heterocycles. The number of carbonyl (C=O) groups is 1. The maximum Gasteiger partial charge on any atom is 0.283 e. The summed E-state index contributed by atoms with van der Waals surface area (Å²) in [6, 6.07) is 7.47. The second-order valence-corrected chi connectivity index (χ2v) is 7.54. The van der Waals surface area contributed by atoms with Gasteiger partial charge in [0, 0.05) is 18.8 Å². The molecule has 1 aliphatic heterocycles. The number of carbonyl (C=O) groups excluding carboxylic acids is 1. The van der Waals surface area contributed by atoms with Crippen LogP contribution in [0.1, 0.15) is 18.5 Å². The monoisotopic (exact) mass is 386 g/mol. The first-order chi connectivity index (χ1) is 13.0. The first kappa shape index (κ1) is 17.8. The van der Waals surface area contributed by atoms with Gasteiger partial charge in [-0.2, -0.15) is 0 Å². The summed E-state index contributed by atoms with van der Waals surface area (Å²) in [6.07, 6.45) is 2.06. The van der Waals surface area contributed by atoms with E-state index >= 15 is 0 Å². The third-order valence-electron chi connectivity index (χ3n) is 4.62. The van der Waals surface area contributed by atoms with Crippen LogP contribution in [0.3, 0.4) is 0 Å². The summed E-state index contributed by atoms with van der Waals surface area (Å²) in [6.45, 7) is 3.42. The molecule has 0 spiro atoms. The lowest BCUT2D eigenvalue weighted by Crippen LogP contribution is -2.29. The minimum Gasteiger partial charge on any atom is -0.353 e. The van der Waals surface area contributed by atoms with Crippen LogP contribution in [0.4, 0.5) is 4.39 Å². The molecule has 0 atom stereocenters. The number of likely N-dealkylation sites (tertiary alicyclic amines) is 1. The molecule has 0 aliphatic carbocycles. The maximum absolute atomic E-state index is 13.3. The van der Waals surface area contributed by atoms with E-state index in [0.717, 1.165) is 31.6 Å². The third-order valence-corrected chi connectivity index (χ3v) is 5.55. The Balaban J connectivity index is 1.75. The van der Waals surface area contributed by atoms with Crippen LogP contribution in [0.15, 0.2) is 40.3 Å². The van der Waals surface area contributed by atoms with E-state index in [1.165, 1.54) is 40.6 Å². The zero-order valence-corrected chi connectivity index (χ0v) is 15.7. The molecule has 6 nitrogen and oxygen atoms in total. The first-order valence-corrected chi connectivity index (χ1v) is 9.80. The Labute approximate surface area is 159 Å². The van der Waals surface area contributed by atoms with Gasteiger partial charge in [-0.25, -0.2) is 9.37 Å². The second kappa shape index (κ2) is 7.19. The fraction of sp³-hybridized carbons (Fsp3) is 0.316. The molecule has 0 radical (unpaired) electrons. The standard InChI is InChI=1S/C19H19FN4O2S/c1-12-10-15-17(21-12)18(26)24(14-6-4-13(20)5-7-14)19(22-15)27-11-16(25)23-8-2-3-9-23/h4-7,10,21H,2-3,8-9,11H2,1H3. The van der Waals surface area contributed by atoms with Crippen molar-refractivity contribution in [2.75, 3.05) is 18.8 Å². The molecule has 3 aromatic rings. The molecule has 1 N–H and O–H groups in total. The van der Waals surface area contributed by atoms with Crippen LogP contribution in [0.2, 0.25) is 0 Å². The van der Waals surface area contributed by atoms with Crippen molar-refractivity contribution in [3.63, 3.8) is 0 Å². The van der Waals surface area contributed by atoms with Gasteiger partial charge in [-0.1, -0.05) is 11.8 Å². The Hall–Kier alpha value is -2.61. The molecule has 8 heteroatoms. The molecule has 1 amide bonds. The average molecular weight is 386 g/mol. The van der Waals surface area contributed by atoms with Crippen molar-refractivity contribution in [2.45, 2.75) is 24.9 Å². The van der Waals surface area contributed by atoms with Crippen molar-refractivity contribution in [2.24, 2.45) is 0 Å². The van der Waals surface area contributed by atoms with Crippen LogP contribution >= 0.6 is 11.8 Å². The number of hydrogen-bond donors (Lipinski definition) is 1. The molecule has 1 aliphatic rings. The van der Waals surface area contributed by atoms with Gasteiger partial charge in [0.2, 0.25) is 5.91 Å². The summed E-state index contributed by atoms with van der Waals surface area (Å²) in [7, 11) is 0. The smallest absolute Gasteiger partial charge is 0.283 e. The van der Waals surface area contributed by atoms with Gasteiger partial charge in [0.15, 0.2) is 5.16 Å². The fourth-order valence-corrected chi connectivity index (χ4v) is 4.19. The Morgan fingerprint density at radius 2 is 1.96 bits per heavy atom. The van der Waals surface area contributed by atoms with E-state index in [1.807, 2.05) is 11.8 Å². The number of nitrogens with zero attached hydrogens (tertiary/aromatic N) is 3. The quantitative estimate of drug-likeness (QED) is 0.553. The molecular formula is C19H19FN4O2S. The summed E-state index contributed by atoms with van der Waals surface area (Å²) in [4.78, 5) is 34.9. The summed E-state index contributed by atoms with van der Waals surface area (Å²) in [5.41, 5.74) is 2.03. The number of aryl methyl sites for hydroxylation is 1. The maximum atomic E-state index is 13.3.